The van der Waals surface area contributed by atoms with E-state index >= 15 is 0 Å². The van der Waals surface area contributed by atoms with Crippen LogP contribution in [0.15, 0.2) is 18.3 Å². The van der Waals surface area contributed by atoms with Gasteiger partial charge in [0.25, 0.3) is 0 Å². The summed E-state index contributed by atoms with van der Waals surface area (Å²) in [6.45, 7) is 1.02. The number of hydrogen-bond donors (Lipinski definition) is 1. The van der Waals surface area contributed by atoms with Crippen LogP contribution in [-0.4, -0.2) is 13.6 Å². The molecule has 11 heavy (non-hydrogen) atoms. The third-order valence-corrected chi connectivity index (χ3v) is 2.00. The Morgan fingerprint density at radius 1 is 1.64 bits per heavy atom. The molecule has 2 rings (SSSR count). The van der Waals surface area contributed by atoms with Gasteiger partial charge in [0.05, 0.1) is 0 Å². The first-order valence-electron chi connectivity index (χ1n) is 3.85. The molecule has 58 valence electrons. The van der Waals surface area contributed by atoms with Gasteiger partial charge in [-0.15, -0.1) is 0 Å². The largest absolute Gasteiger partial charge is 0.306 e. The smallest absolute Gasteiger partial charge is 0.205 e. The highest BCUT2D eigenvalue weighted by Gasteiger charge is 2.16. The Balaban J connectivity index is 2.44. The quantitative estimate of drug-likeness (QED) is 0.564. The molecule has 0 radical (unpaired) electrons. The SMILES string of the molecule is CN1NCCc2[nH+]cccc21. The van der Waals surface area contributed by atoms with Gasteiger partial charge in [-0.2, -0.15) is 0 Å². The number of nitrogens with zero attached hydrogens (tertiary/aromatic N) is 1. The number of rotatable bonds is 0. The number of nitrogens with one attached hydrogen (secondary N) is 2. The van der Waals surface area contributed by atoms with Crippen LogP contribution >= 0.6 is 0 Å². The molecule has 3 nitrogen and oxygen atoms in total. The summed E-state index contributed by atoms with van der Waals surface area (Å²) >= 11 is 0. The number of aromatic nitrogens is 1. The van der Waals surface area contributed by atoms with Crippen LogP contribution in [-0.2, 0) is 6.42 Å². The zero-order valence-electron chi connectivity index (χ0n) is 6.59. The molecule has 0 aliphatic carbocycles. The molecule has 0 amide bonds. The van der Waals surface area contributed by atoms with Crippen LogP contribution in [0.4, 0.5) is 5.69 Å². The van der Waals surface area contributed by atoms with Crippen molar-refractivity contribution < 1.29 is 4.98 Å². The van der Waals surface area contributed by atoms with E-state index in [1.165, 1.54) is 11.4 Å². The van der Waals surface area contributed by atoms with E-state index in [-0.39, 0.29) is 0 Å². The van der Waals surface area contributed by atoms with Crippen LogP contribution in [0, 0.1) is 0 Å². The average molecular weight is 150 g/mol. The highest BCUT2D eigenvalue weighted by molar-refractivity contribution is 5.47. The second kappa shape index (κ2) is 2.51. The molecule has 0 unspecified atom stereocenters. The zero-order valence-corrected chi connectivity index (χ0v) is 6.59. The van der Waals surface area contributed by atoms with Crippen molar-refractivity contribution in [1.29, 1.82) is 0 Å². The van der Waals surface area contributed by atoms with E-state index in [0.29, 0.717) is 0 Å². The molecule has 1 aliphatic heterocycles. The minimum Gasteiger partial charge on any atom is -0.306 e. The zero-order chi connectivity index (χ0) is 7.68. The molecule has 3 heteroatoms. The maximum atomic E-state index is 3.25. The van der Waals surface area contributed by atoms with Gasteiger partial charge in [-0.25, -0.2) is 10.4 Å². The Morgan fingerprint density at radius 3 is 3.36 bits per heavy atom. The molecular formula is C8H12N3+. The highest BCUT2D eigenvalue weighted by atomic mass is 15.5. The Kier molecular flexibility index (Phi) is 1.51. The normalized spacial score (nSPS) is 16.3. The van der Waals surface area contributed by atoms with E-state index in [2.05, 4.69) is 21.5 Å². The molecule has 2 heterocycles. The predicted molar refractivity (Wildman–Crippen MR) is 43.1 cm³/mol. The first-order chi connectivity index (χ1) is 5.38. The standard InChI is InChI=1S/C8H11N3/c1-11-8-3-2-5-9-7(8)4-6-10-11/h2-3,5,10H,4,6H2,1H3/p+1. The van der Waals surface area contributed by atoms with Crippen LogP contribution < -0.4 is 15.4 Å². The van der Waals surface area contributed by atoms with Crippen molar-refractivity contribution in [2.45, 2.75) is 6.42 Å². The van der Waals surface area contributed by atoms with Gasteiger partial charge in [-0.3, -0.25) is 0 Å². The van der Waals surface area contributed by atoms with E-state index in [9.17, 15) is 0 Å². The lowest BCUT2D eigenvalue weighted by Crippen LogP contribution is -2.42. The number of anilines is 1. The van der Waals surface area contributed by atoms with Crippen LogP contribution in [0.25, 0.3) is 0 Å². The van der Waals surface area contributed by atoms with Crippen LogP contribution in [0.3, 0.4) is 0 Å². The lowest BCUT2D eigenvalue weighted by molar-refractivity contribution is -0.389. The number of pyridine rings is 1. The fourth-order valence-electron chi connectivity index (χ4n) is 1.41. The Bertz CT molecular complexity index is 259. The topological polar surface area (TPSA) is 29.4 Å². The number of aromatic amines is 1. The predicted octanol–water partition coefficient (Wildman–Crippen LogP) is -0.00240. The molecule has 0 saturated carbocycles. The Labute approximate surface area is 66.0 Å². The first-order valence-corrected chi connectivity index (χ1v) is 3.85. The molecule has 1 aromatic rings. The molecule has 0 saturated heterocycles. The fraction of sp³-hybridized carbons (Fsp3) is 0.375. The third kappa shape index (κ3) is 1.07. The van der Waals surface area contributed by atoms with Crippen LogP contribution in [0.1, 0.15) is 5.69 Å². The maximum absolute atomic E-state index is 3.25. The lowest BCUT2D eigenvalue weighted by atomic mass is 10.2. The summed E-state index contributed by atoms with van der Waals surface area (Å²) in [6.07, 6.45) is 3.05. The van der Waals surface area contributed by atoms with E-state index in [1.807, 2.05) is 19.3 Å². The summed E-state index contributed by atoms with van der Waals surface area (Å²) in [5.41, 5.74) is 5.81. The second-order valence-electron chi connectivity index (χ2n) is 2.75. The van der Waals surface area contributed by atoms with Crippen molar-refractivity contribution in [3.05, 3.63) is 24.0 Å². The Hall–Kier alpha value is -1.09. The molecule has 2 N–H and O–H groups in total. The second-order valence-corrected chi connectivity index (χ2v) is 2.75. The summed E-state index contributed by atoms with van der Waals surface area (Å²) < 4.78 is 0. The first kappa shape index (κ1) is 6.61. The molecule has 0 atom stereocenters. The van der Waals surface area contributed by atoms with Crippen molar-refractivity contribution in [2.24, 2.45) is 0 Å². The van der Waals surface area contributed by atoms with Gasteiger partial charge in [-0.05, 0) is 6.07 Å². The molecule has 0 bridgehead atoms. The minimum absolute atomic E-state index is 1.02. The third-order valence-electron chi connectivity index (χ3n) is 2.00. The van der Waals surface area contributed by atoms with Gasteiger partial charge < -0.3 is 5.01 Å². The number of fused-ring (bicyclic) bond motifs is 1. The van der Waals surface area contributed by atoms with Gasteiger partial charge >= 0.3 is 0 Å². The lowest BCUT2D eigenvalue weighted by Gasteiger charge is -2.24. The van der Waals surface area contributed by atoms with Crippen molar-refractivity contribution in [3.63, 3.8) is 0 Å². The summed E-state index contributed by atoms with van der Waals surface area (Å²) in [5.74, 6) is 0. The van der Waals surface area contributed by atoms with Gasteiger partial charge in [-0.1, -0.05) is 0 Å². The molecule has 0 aromatic carbocycles. The van der Waals surface area contributed by atoms with Gasteiger partial charge in [0.2, 0.25) is 5.69 Å². The maximum Gasteiger partial charge on any atom is 0.205 e. The molecule has 0 spiro atoms. The van der Waals surface area contributed by atoms with Crippen molar-refractivity contribution in [3.8, 4) is 0 Å². The van der Waals surface area contributed by atoms with Crippen LogP contribution in [0.5, 0.6) is 0 Å². The van der Waals surface area contributed by atoms with Gasteiger partial charge in [0.1, 0.15) is 5.69 Å². The van der Waals surface area contributed by atoms with Gasteiger partial charge in [0, 0.05) is 26.1 Å². The molecule has 1 aromatic heterocycles. The number of hydrazine groups is 1. The van der Waals surface area contributed by atoms with Crippen molar-refractivity contribution in [1.82, 2.24) is 5.43 Å². The Morgan fingerprint density at radius 2 is 2.55 bits per heavy atom. The van der Waals surface area contributed by atoms with Crippen molar-refractivity contribution in [2.75, 3.05) is 18.6 Å². The summed E-state index contributed by atoms with van der Waals surface area (Å²) in [7, 11) is 2.03. The molecule has 1 aliphatic rings. The van der Waals surface area contributed by atoms with Gasteiger partial charge in [0.15, 0.2) is 6.20 Å². The summed E-state index contributed by atoms with van der Waals surface area (Å²) in [4.78, 5) is 3.24. The van der Waals surface area contributed by atoms with E-state index in [0.717, 1.165) is 13.0 Å². The number of hydrogen-bond acceptors (Lipinski definition) is 2. The summed E-state index contributed by atoms with van der Waals surface area (Å²) in [6, 6.07) is 4.13. The summed E-state index contributed by atoms with van der Waals surface area (Å²) in [5, 5.41) is 2.05. The van der Waals surface area contributed by atoms with E-state index < -0.39 is 0 Å². The average Bonchev–Trinajstić information content (AvgIpc) is 2.06. The van der Waals surface area contributed by atoms with Crippen molar-refractivity contribution >= 4 is 5.69 Å². The van der Waals surface area contributed by atoms with Crippen LogP contribution in [0.2, 0.25) is 0 Å². The minimum atomic E-state index is 1.02. The number of H-pyrrole nitrogens is 1. The highest BCUT2D eigenvalue weighted by Crippen LogP contribution is 2.15. The molecule has 0 fully saturated rings. The molecular weight excluding hydrogens is 138 g/mol. The fourth-order valence-corrected chi connectivity index (χ4v) is 1.41. The monoisotopic (exact) mass is 150 g/mol. The van der Waals surface area contributed by atoms with E-state index in [1.54, 1.807) is 0 Å². The van der Waals surface area contributed by atoms with E-state index in [4.69, 9.17) is 0 Å².